The quantitative estimate of drug-likeness (QED) is 0.149. The summed E-state index contributed by atoms with van der Waals surface area (Å²) in [7, 11) is 0. The van der Waals surface area contributed by atoms with Crippen LogP contribution in [0.1, 0.15) is 33.1 Å². The largest absolute Gasteiger partial charge is 0.489 e. The summed E-state index contributed by atoms with van der Waals surface area (Å²) in [4.78, 5) is 12.5. The number of hydrogen-bond donors (Lipinski definition) is 1. The molecular weight excluding hydrogens is 589 g/mol. The SMILES string of the molecule is Cc1cc(/C=N/NC(=O)c2cc3cc(Br)ccc3o2)c(C)n1-c1ccc(OCc2ccc(Cl)cc2Cl)cc1. The first-order valence-corrected chi connectivity index (χ1v) is 13.2. The van der Waals surface area contributed by atoms with E-state index in [1.807, 2.05) is 68.4 Å². The number of aromatic nitrogens is 1. The maximum atomic E-state index is 12.5. The van der Waals surface area contributed by atoms with Gasteiger partial charge in [0.2, 0.25) is 0 Å². The lowest BCUT2D eigenvalue weighted by atomic mass is 10.2. The highest BCUT2D eigenvalue weighted by Gasteiger charge is 2.13. The van der Waals surface area contributed by atoms with Gasteiger partial charge < -0.3 is 13.7 Å². The number of aryl methyl sites for hydroxylation is 1. The van der Waals surface area contributed by atoms with E-state index in [0.29, 0.717) is 22.2 Å². The number of hydrazone groups is 1. The van der Waals surface area contributed by atoms with Gasteiger partial charge in [0.25, 0.3) is 0 Å². The Morgan fingerprint density at radius 2 is 1.84 bits per heavy atom. The number of halogens is 3. The standard InChI is InChI=1S/C29H22BrCl2N3O3/c1-17-11-21(15-33-34-29(36)28-13-20-12-22(30)4-10-27(20)38-28)18(2)35(17)24-6-8-25(9-7-24)37-16-19-3-5-23(31)14-26(19)32/h3-15H,16H2,1-2H3,(H,34,36)/b33-15+. The van der Waals surface area contributed by atoms with Crippen LogP contribution in [0.2, 0.25) is 10.0 Å². The molecule has 0 aliphatic carbocycles. The van der Waals surface area contributed by atoms with Crippen LogP contribution in [-0.2, 0) is 6.61 Å². The van der Waals surface area contributed by atoms with Crippen molar-refractivity contribution < 1.29 is 13.9 Å². The van der Waals surface area contributed by atoms with Gasteiger partial charge in [-0.1, -0.05) is 45.2 Å². The number of nitrogens with one attached hydrogen (secondary N) is 1. The Balaban J connectivity index is 1.25. The Morgan fingerprint density at radius 1 is 1.05 bits per heavy atom. The van der Waals surface area contributed by atoms with E-state index in [0.717, 1.165) is 43.8 Å². The third-order valence-corrected chi connectivity index (χ3v) is 7.13. The highest BCUT2D eigenvalue weighted by Crippen LogP contribution is 2.26. The number of nitrogens with zero attached hydrogens (tertiary/aromatic N) is 2. The van der Waals surface area contributed by atoms with Gasteiger partial charge in [0.05, 0.1) is 6.21 Å². The Morgan fingerprint density at radius 3 is 2.61 bits per heavy atom. The monoisotopic (exact) mass is 609 g/mol. The number of carbonyl (C=O) groups is 1. The molecule has 3 aromatic carbocycles. The van der Waals surface area contributed by atoms with E-state index in [4.69, 9.17) is 32.4 Å². The van der Waals surface area contributed by atoms with Gasteiger partial charge in [0.1, 0.15) is 17.9 Å². The molecule has 6 nitrogen and oxygen atoms in total. The number of amides is 1. The topological polar surface area (TPSA) is 68.8 Å². The smallest absolute Gasteiger partial charge is 0.307 e. The van der Waals surface area contributed by atoms with Gasteiger partial charge in [-0.2, -0.15) is 5.10 Å². The molecule has 2 heterocycles. The van der Waals surface area contributed by atoms with Gasteiger partial charge in [0.15, 0.2) is 5.76 Å². The zero-order chi connectivity index (χ0) is 26.8. The first-order valence-electron chi connectivity index (χ1n) is 11.7. The average molecular weight is 611 g/mol. The van der Waals surface area contributed by atoms with Crippen LogP contribution in [0.3, 0.4) is 0 Å². The number of ether oxygens (including phenoxy) is 1. The van der Waals surface area contributed by atoms with Gasteiger partial charge in [-0.25, -0.2) is 5.43 Å². The molecule has 38 heavy (non-hydrogen) atoms. The molecule has 1 N–H and O–H groups in total. The molecule has 2 aromatic heterocycles. The first kappa shape index (κ1) is 26.1. The van der Waals surface area contributed by atoms with Crippen molar-refractivity contribution in [3.8, 4) is 11.4 Å². The first-order chi connectivity index (χ1) is 18.3. The summed E-state index contributed by atoms with van der Waals surface area (Å²) in [5, 5.41) is 6.15. The Hall–Kier alpha value is -3.52. The summed E-state index contributed by atoms with van der Waals surface area (Å²) in [5.41, 5.74) is 7.91. The highest BCUT2D eigenvalue weighted by molar-refractivity contribution is 9.10. The fraction of sp³-hybridized carbons (Fsp3) is 0.103. The van der Waals surface area contributed by atoms with Crippen LogP contribution < -0.4 is 10.2 Å². The fourth-order valence-electron chi connectivity index (χ4n) is 4.15. The van der Waals surface area contributed by atoms with E-state index in [1.54, 1.807) is 24.4 Å². The summed E-state index contributed by atoms with van der Waals surface area (Å²) < 4.78 is 14.5. The van der Waals surface area contributed by atoms with Crippen LogP contribution in [0.15, 0.2) is 86.8 Å². The van der Waals surface area contributed by atoms with Gasteiger partial charge in [-0.15, -0.1) is 0 Å². The van der Waals surface area contributed by atoms with Gasteiger partial charge in [0, 0.05) is 48.1 Å². The average Bonchev–Trinajstić information content (AvgIpc) is 3.43. The molecule has 0 saturated heterocycles. The number of carbonyl (C=O) groups excluding carboxylic acids is 1. The summed E-state index contributed by atoms with van der Waals surface area (Å²) in [6.07, 6.45) is 1.63. The Labute approximate surface area is 237 Å². The van der Waals surface area contributed by atoms with Crippen molar-refractivity contribution in [2.45, 2.75) is 20.5 Å². The molecule has 5 aromatic rings. The maximum Gasteiger partial charge on any atom is 0.307 e. The van der Waals surface area contributed by atoms with Crippen LogP contribution >= 0.6 is 39.1 Å². The molecule has 0 radical (unpaired) electrons. The zero-order valence-corrected chi connectivity index (χ0v) is 23.6. The van der Waals surface area contributed by atoms with Crippen molar-refractivity contribution in [2.24, 2.45) is 5.10 Å². The van der Waals surface area contributed by atoms with E-state index >= 15 is 0 Å². The van der Waals surface area contributed by atoms with Crippen molar-refractivity contribution >= 4 is 62.2 Å². The fourth-order valence-corrected chi connectivity index (χ4v) is 4.99. The number of benzene rings is 3. The number of furan rings is 1. The second kappa shape index (κ2) is 11.1. The number of rotatable bonds is 7. The number of fused-ring (bicyclic) bond motifs is 1. The van der Waals surface area contributed by atoms with Crippen LogP contribution in [0.5, 0.6) is 5.75 Å². The Kier molecular flexibility index (Phi) is 7.61. The predicted octanol–water partition coefficient (Wildman–Crippen LogP) is 8.25. The third kappa shape index (κ3) is 5.65. The molecule has 0 fully saturated rings. The molecular formula is C29H22BrCl2N3O3. The van der Waals surface area contributed by atoms with Gasteiger partial charge in [-0.3, -0.25) is 4.79 Å². The van der Waals surface area contributed by atoms with E-state index in [-0.39, 0.29) is 5.76 Å². The zero-order valence-electron chi connectivity index (χ0n) is 20.5. The molecule has 192 valence electrons. The lowest BCUT2D eigenvalue weighted by Gasteiger charge is -2.12. The lowest BCUT2D eigenvalue weighted by Crippen LogP contribution is -2.16. The van der Waals surface area contributed by atoms with E-state index < -0.39 is 5.91 Å². The van der Waals surface area contributed by atoms with Crippen molar-refractivity contribution in [1.29, 1.82) is 0 Å². The van der Waals surface area contributed by atoms with Gasteiger partial charge in [-0.05, 0) is 80.6 Å². The number of hydrogen-bond acceptors (Lipinski definition) is 4. The second-order valence-corrected chi connectivity index (χ2v) is 10.4. The van der Waals surface area contributed by atoms with E-state index in [9.17, 15) is 4.79 Å². The van der Waals surface area contributed by atoms with Crippen molar-refractivity contribution in [1.82, 2.24) is 9.99 Å². The lowest BCUT2D eigenvalue weighted by molar-refractivity contribution is 0.0929. The van der Waals surface area contributed by atoms with Crippen molar-refractivity contribution in [3.05, 3.63) is 116 Å². The molecule has 0 aliphatic rings. The minimum absolute atomic E-state index is 0.196. The minimum Gasteiger partial charge on any atom is -0.489 e. The molecule has 0 spiro atoms. The predicted molar refractivity (Wildman–Crippen MR) is 155 cm³/mol. The molecule has 0 saturated carbocycles. The van der Waals surface area contributed by atoms with Crippen LogP contribution in [0, 0.1) is 13.8 Å². The molecule has 0 unspecified atom stereocenters. The molecule has 9 heteroatoms. The molecule has 0 atom stereocenters. The maximum absolute atomic E-state index is 12.5. The molecule has 0 aliphatic heterocycles. The third-order valence-electron chi connectivity index (χ3n) is 6.05. The normalized spacial score (nSPS) is 11.4. The summed E-state index contributed by atoms with van der Waals surface area (Å²) in [6, 6.07) is 22.4. The highest BCUT2D eigenvalue weighted by atomic mass is 79.9. The van der Waals surface area contributed by atoms with Gasteiger partial charge >= 0.3 is 5.91 Å². The van der Waals surface area contributed by atoms with Crippen LogP contribution in [-0.4, -0.2) is 16.7 Å². The van der Waals surface area contributed by atoms with E-state index in [2.05, 4.69) is 31.0 Å². The summed E-state index contributed by atoms with van der Waals surface area (Å²) in [6.45, 7) is 4.36. The van der Waals surface area contributed by atoms with E-state index in [1.165, 1.54) is 0 Å². The Bertz CT molecular complexity index is 1670. The molecule has 5 rings (SSSR count). The van der Waals surface area contributed by atoms with Crippen LogP contribution in [0.4, 0.5) is 0 Å². The molecule has 1 amide bonds. The summed E-state index contributed by atoms with van der Waals surface area (Å²) in [5.74, 6) is 0.504. The summed E-state index contributed by atoms with van der Waals surface area (Å²) >= 11 is 15.6. The second-order valence-electron chi connectivity index (χ2n) is 8.67. The minimum atomic E-state index is -0.419. The van der Waals surface area contributed by atoms with Crippen molar-refractivity contribution in [3.63, 3.8) is 0 Å². The van der Waals surface area contributed by atoms with Crippen LogP contribution in [0.25, 0.3) is 16.7 Å². The molecule has 0 bridgehead atoms. The van der Waals surface area contributed by atoms with Crippen molar-refractivity contribution in [2.75, 3.05) is 0 Å².